The van der Waals surface area contributed by atoms with Gasteiger partial charge in [-0.05, 0) is 55.2 Å². The smallest absolute Gasteiger partial charge is 0.0929 e. The molecule has 1 heterocycles. The molecule has 27 heavy (non-hydrogen) atoms. The Morgan fingerprint density at radius 3 is 2.15 bits per heavy atom. The first-order valence-corrected chi connectivity index (χ1v) is 11.2. The number of nitrogens with zero attached hydrogens (tertiary/aromatic N) is 2. The molecule has 2 nitrogen and oxygen atoms in total. The molecule has 0 amide bonds. The fourth-order valence-electron chi connectivity index (χ4n) is 4.34. The number of unbranched alkanes of at least 4 members (excludes halogenated alkanes) is 2. The number of hydrogen-bond donors (Lipinski definition) is 0. The molecule has 1 aliphatic carbocycles. The summed E-state index contributed by atoms with van der Waals surface area (Å²) in [6, 6.07) is 13.2. The van der Waals surface area contributed by atoms with Crippen LogP contribution in [0.2, 0.25) is 0 Å². The Morgan fingerprint density at radius 1 is 0.778 bits per heavy atom. The Labute approximate surface area is 165 Å². The largest absolute Gasteiger partial charge is 0.155 e. The molecule has 0 N–H and O–H groups in total. The lowest BCUT2D eigenvalue weighted by Crippen LogP contribution is -2.14. The van der Waals surface area contributed by atoms with Crippen LogP contribution in [0.4, 0.5) is 0 Å². The Kier molecular flexibility index (Phi) is 7.86. The average Bonchev–Trinajstić information content (AvgIpc) is 2.74. The summed E-state index contributed by atoms with van der Waals surface area (Å²) in [5.74, 6) is 1.94. The number of hydrogen-bond acceptors (Lipinski definition) is 2. The maximum Gasteiger partial charge on any atom is 0.0929 e. The van der Waals surface area contributed by atoms with Gasteiger partial charge in [0.1, 0.15) is 0 Å². The van der Waals surface area contributed by atoms with Crippen molar-refractivity contribution in [3.63, 3.8) is 0 Å². The molecule has 0 bridgehead atoms. The first-order valence-electron chi connectivity index (χ1n) is 11.2. The summed E-state index contributed by atoms with van der Waals surface area (Å²) in [5.41, 5.74) is 4.73. The van der Waals surface area contributed by atoms with E-state index in [2.05, 4.69) is 60.4 Å². The van der Waals surface area contributed by atoms with Crippen LogP contribution in [0.5, 0.6) is 0 Å². The zero-order valence-electron chi connectivity index (χ0n) is 17.3. The van der Waals surface area contributed by atoms with Gasteiger partial charge in [-0.25, -0.2) is 0 Å². The van der Waals surface area contributed by atoms with Gasteiger partial charge in [-0.15, -0.1) is 0 Å². The van der Waals surface area contributed by atoms with Crippen LogP contribution >= 0.6 is 0 Å². The molecule has 1 aliphatic rings. The van der Waals surface area contributed by atoms with Crippen LogP contribution in [0.25, 0.3) is 11.3 Å². The average molecular weight is 365 g/mol. The van der Waals surface area contributed by atoms with Crippen molar-refractivity contribution in [2.75, 3.05) is 0 Å². The molecule has 0 radical (unpaired) electrons. The highest BCUT2D eigenvalue weighted by Gasteiger charge is 2.19. The fraction of sp³-hybridized carbons (Fsp3) is 0.600. The predicted molar refractivity (Wildman–Crippen MR) is 115 cm³/mol. The number of aryl methyl sites for hydroxylation is 2. The second kappa shape index (κ2) is 10.6. The molecular weight excluding hydrogens is 328 g/mol. The van der Waals surface area contributed by atoms with E-state index in [0.29, 0.717) is 0 Å². The van der Waals surface area contributed by atoms with Crippen molar-refractivity contribution in [1.82, 2.24) is 10.2 Å². The third-order valence-electron chi connectivity index (χ3n) is 6.39. The van der Waals surface area contributed by atoms with Gasteiger partial charge in [-0.3, -0.25) is 0 Å². The maximum absolute atomic E-state index is 4.44. The highest BCUT2D eigenvalue weighted by molar-refractivity contribution is 5.58. The summed E-state index contributed by atoms with van der Waals surface area (Å²) >= 11 is 0. The van der Waals surface area contributed by atoms with Gasteiger partial charge in [0, 0.05) is 5.56 Å². The molecule has 1 aromatic heterocycles. The highest BCUT2D eigenvalue weighted by atomic mass is 15.1. The summed E-state index contributed by atoms with van der Waals surface area (Å²) in [6.07, 6.45) is 14.5. The molecule has 3 rings (SSSR count). The Hall–Kier alpha value is -1.70. The van der Waals surface area contributed by atoms with Gasteiger partial charge in [0.05, 0.1) is 11.4 Å². The molecule has 1 fully saturated rings. The van der Waals surface area contributed by atoms with Crippen LogP contribution in [-0.4, -0.2) is 10.2 Å². The minimum absolute atomic E-state index is 0.943. The maximum atomic E-state index is 4.44. The van der Waals surface area contributed by atoms with Crippen molar-refractivity contribution < 1.29 is 0 Å². The van der Waals surface area contributed by atoms with E-state index in [9.17, 15) is 0 Å². The Morgan fingerprint density at radius 2 is 1.52 bits per heavy atom. The van der Waals surface area contributed by atoms with Crippen LogP contribution in [-0.2, 0) is 12.8 Å². The van der Waals surface area contributed by atoms with Crippen LogP contribution in [0.3, 0.4) is 0 Å². The van der Waals surface area contributed by atoms with Gasteiger partial charge in [0.15, 0.2) is 0 Å². The molecule has 0 aliphatic heterocycles. The number of aromatic nitrogens is 2. The lowest BCUT2D eigenvalue weighted by molar-refractivity contribution is 0.259. The van der Waals surface area contributed by atoms with Crippen molar-refractivity contribution in [2.24, 2.45) is 11.8 Å². The molecule has 0 saturated heterocycles. The van der Waals surface area contributed by atoms with E-state index in [1.165, 1.54) is 75.3 Å². The van der Waals surface area contributed by atoms with E-state index < -0.39 is 0 Å². The van der Waals surface area contributed by atoms with Crippen LogP contribution < -0.4 is 0 Å². The second-order valence-electron chi connectivity index (χ2n) is 8.40. The molecule has 2 aromatic rings. The van der Waals surface area contributed by atoms with Crippen LogP contribution in [0, 0.1) is 11.8 Å². The third-order valence-corrected chi connectivity index (χ3v) is 6.39. The van der Waals surface area contributed by atoms with E-state index >= 15 is 0 Å². The molecule has 0 spiro atoms. The van der Waals surface area contributed by atoms with E-state index in [4.69, 9.17) is 0 Å². The lowest BCUT2D eigenvalue weighted by Gasteiger charge is -2.27. The Bertz CT molecular complexity index is 652. The normalized spacial score (nSPS) is 19.9. The second-order valence-corrected chi connectivity index (χ2v) is 8.40. The van der Waals surface area contributed by atoms with Gasteiger partial charge < -0.3 is 0 Å². The summed E-state index contributed by atoms with van der Waals surface area (Å²) in [4.78, 5) is 0. The van der Waals surface area contributed by atoms with Gasteiger partial charge in [0.25, 0.3) is 0 Å². The molecule has 146 valence electrons. The van der Waals surface area contributed by atoms with Gasteiger partial charge >= 0.3 is 0 Å². The Balaban J connectivity index is 1.48. The zero-order valence-corrected chi connectivity index (χ0v) is 17.3. The molecule has 1 saturated carbocycles. The quantitative estimate of drug-likeness (QED) is 0.446. The summed E-state index contributed by atoms with van der Waals surface area (Å²) < 4.78 is 0. The molecule has 1 aromatic carbocycles. The number of benzene rings is 1. The van der Waals surface area contributed by atoms with Crippen molar-refractivity contribution >= 4 is 0 Å². The van der Waals surface area contributed by atoms with Gasteiger partial charge in [-0.1, -0.05) is 83.1 Å². The van der Waals surface area contributed by atoms with Crippen molar-refractivity contribution in [3.8, 4) is 11.3 Å². The summed E-state index contributed by atoms with van der Waals surface area (Å²) in [6.45, 7) is 4.58. The monoisotopic (exact) mass is 364 g/mol. The first kappa shape index (κ1) is 20.0. The predicted octanol–water partition coefficient (Wildman–Crippen LogP) is 7.03. The van der Waals surface area contributed by atoms with E-state index in [1.54, 1.807) is 0 Å². The summed E-state index contributed by atoms with van der Waals surface area (Å²) in [5, 5.41) is 8.85. The van der Waals surface area contributed by atoms with Crippen molar-refractivity contribution in [1.29, 1.82) is 0 Å². The van der Waals surface area contributed by atoms with Crippen molar-refractivity contribution in [3.05, 3.63) is 47.7 Å². The zero-order chi connectivity index (χ0) is 18.9. The molecule has 0 atom stereocenters. The SMILES string of the molecule is CCCCCc1ccc(-c2ccc(CC[C@H]3CC[C@H](CC)CC3)cc2)nn1. The van der Waals surface area contributed by atoms with Gasteiger partial charge in [-0.2, -0.15) is 10.2 Å². The van der Waals surface area contributed by atoms with E-state index in [0.717, 1.165) is 29.6 Å². The van der Waals surface area contributed by atoms with Crippen LogP contribution in [0.15, 0.2) is 36.4 Å². The molecule has 0 unspecified atom stereocenters. The van der Waals surface area contributed by atoms with Gasteiger partial charge in [0.2, 0.25) is 0 Å². The third kappa shape index (κ3) is 6.16. The highest BCUT2D eigenvalue weighted by Crippen LogP contribution is 2.33. The number of rotatable bonds is 9. The van der Waals surface area contributed by atoms with E-state index in [-0.39, 0.29) is 0 Å². The van der Waals surface area contributed by atoms with Crippen LogP contribution in [0.1, 0.15) is 82.9 Å². The first-order chi connectivity index (χ1) is 13.3. The molecular formula is C25H36N2. The van der Waals surface area contributed by atoms with Crippen molar-refractivity contribution in [2.45, 2.75) is 84.5 Å². The molecule has 2 heteroatoms. The minimum Gasteiger partial charge on any atom is -0.155 e. The minimum atomic E-state index is 0.943. The topological polar surface area (TPSA) is 25.8 Å². The summed E-state index contributed by atoms with van der Waals surface area (Å²) in [7, 11) is 0. The fourth-order valence-corrected chi connectivity index (χ4v) is 4.34. The van der Waals surface area contributed by atoms with E-state index in [1.807, 2.05) is 0 Å². The lowest BCUT2D eigenvalue weighted by atomic mass is 9.78. The standard InChI is InChI=1S/C25H36N2/c1-3-5-6-7-24-18-19-25(27-26-24)23-16-14-22(15-17-23)13-12-21-10-8-20(4-2)9-11-21/h14-21H,3-13H2,1-2H3/t20-,21-.